The molecule has 5 rings (SSSR count). The Kier molecular flexibility index (Phi) is 6.74. The quantitative estimate of drug-likeness (QED) is 0.278. The third-order valence-electron chi connectivity index (χ3n) is 6.05. The zero-order valence-corrected chi connectivity index (χ0v) is 21.5. The first-order valence-corrected chi connectivity index (χ1v) is 12.2. The van der Waals surface area contributed by atoms with Gasteiger partial charge in [-0.25, -0.2) is 4.79 Å². The van der Waals surface area contributed by atoms with Gasteiger partial charge in [-0.1, -0.05) is 41.4 Å². The maximum absolute atomic E-state index is 12.8. The molecule has 2 heterocycles. The molecule has 0 amide bonds. The molecule has 0 unspecified atom stereocenters. The fourth-order valence-corrected chi connectivity index (χ4v) is 4.50. The number of para-hydroxylation sites is 1. The topological polar surface area (TPSA) is 81.4 Å². The summed E-state index contributed by atoms with van der Waals surface area (Å²) in [6.45, 7) is 4.30. The number of aryl methyl sites for hydroxylation is 1. The second kappa shape index (κ2) is 10.1. The van der Waals surface area contributed by atoms with E-state index in [9.17, 15) is 9.59 Å². The number of hydrogen-bond donors (Lipinski definition) is 1. The van der Waals surface area contributed by atoms with Crippen LogP contribution < -0.4 is 16.0 Å². The Labute approximate surface area is 222 Å². The highest BCUT2D eigenvalue weighted by Gasteiger charge is 2.11. The molecule has 186 valence electrons. The van der Waals surface area contributed by atoms with Gasteiger partial charge in [-0.3, -0.25) is 4.79 Å². The van der Waals surface area contributed by atoms with Crippen molar-refractivity contribution in [3.05, 3.63) is 126 Å². The molecule has 0 spiro atoms. The molecule has 5 aromatic rings. The van der Waals surface area contributed by atoms with E-state index < -0.39 is 11.2 Å². The molecule has 0 bridgehead atoms. The number of ether oxygens (including phenoxy) is 1. The van der Waals surface area contributed by atoms with Crippen molar-refractivity contribution >= 4 is 40.3 Å². The van der Waals surface area contributed by atoms with Gasteiger partial charge in [0.25, 0.3) is 5.56 Å². The van der Waals surface area contributed by atoms with Crippen LogP contribution in [-0.2, 0) is 6.61 Å². The zero-order valence-electron chi connectivity index (χ0n) is 20.0. The monoisotopic (exact) mass is 532 g/mol. The van der Waals surface area contributed by atoms with Crippen molar-refractivity contribution in [2.45, 2.75) is 20.5 Å². The third kappa shape index (κ3) is 4.96. The number of fused-ring (bicyclic) bond motifs is 1. The highest BCUT2D eigenvalue weighted by Crippen LogP contribution is 2.25. The summed E-state index contributed by atoms with van der Waals surface area (Å²) in [5.41, 5.74) is 3.95. The fourth-order valence-electron chi connectivity index (χ4n) is 4.18. The molecule has 0 saturated heterocycles. The Morgan fingerprint density at radius 3 is 2.46 bits per heavy atom. The predicted molar refractivity (Wildman–Crippen MR) is 148 cm³/mol. The van der Waals surface area contributed by atoms with Crippen LogP contribution in [0.2, 0.25) is 10.0 Å². The smallest absolute Gasteiger partial charge is 0.349 e. The number of benzene rings is 3. The first kappa shape index (κ1) is 24.6. The molecule has 7 nitrogen and oxygen atoms in total. The van der Waals surface area contributed by atoms with Crippen molar-refractivity contribution in [1.82, 2.24) is 14.2 Å². The average molecular weight is 533 g/mol. The van der Waals surface area contributed by atoms with Crippen molar-refractivity contribution in [2.75, 3.05) is 0 Å². The first-order valence-electron chi connectivity index (χ1n) is 11.5. The highest BCUT2D eigenvalue weighted by atomic mass is 35.5. The molecule has 37 heavy (non-hydrogen) atoms. The van der Waals surface area contributed by atoms with Crippen molar-refractivity contribution in [1.29, 1.82) is 0 Å². The number of hydrogen-bond acceptors (Lipinski definition) is 4. The molecular weight excluding hydrogens is 511 g/mol. The van der Waals surface area contributed by atoms with Gasteiger partial charge < -0.3 is 14.3 Å². The van der Waals surface area contributed by atoms with Crippen molar-refractivity contribution in [2.24, 2.45) is 5.10 Å². The van der Waals surface area contributed by atoms with Gasteiger partial charge in [0.2, 0.25) is 0 Å². The van der Waals surface area contributed by atoms with Gasteiger partial charge in [0.15, 0.2) is 0 Å². The SMILES string of the molecule is Cc1cc(C=Nn2c(=O)[nH]c3ccccc3c2=O)c(C)n1-c1ccc(OCc2ccc(Cl)c(Cl)c2)cc1. The molecule has 0 saturated carbocycles. The summed E-state index contributed by atoms with van der Waals surface area (Å²) in [6, 6.07) is 21.9. The number of rotatable bonds is 6. The van der Waals surface area contributed by atoms with E-state index in [1.807, 2.05) is 50.2 Å². The molecule has 9 heteroatoms. The van der Waals surface area contributed by atoms with Crippen LogP contribution in [0.3, 0.4) is 0 Å². The van der Waals surface area contributed by atoms with Gasteiger partial charge in [-0.2, -0.15) is 5.10 Å². The summed E-state index contributed by atoms with van der Waals surface area (Å²) in [5.74, 6) is 0.717. The number of halogens is 2. The standard InChI is InChI=1S/C28H22Cl2N4O3/c1-17-13-20(15-31-34-27(35)23-5-3-4-6-26(23)32-28(34)36)18(2)33(17)21-8-10-22(11-9-21)37-16-19-7-12-24(29)25(30)14-19/h3-15H,16H2,1-2H3,(H,32,36). The highest BCUT2D eigenvalue weighted by molar-refractivity contribution is 6.42. The van der Waals surface area contributed by atoms with Crippen LogP contribution in [0.1, 0.15) is 22.5 Å². The van der Waals surface area contributed by atoms with Gasteiger partial charge in [0.05, 0.1) is 27.2 Å². The van der Waals surface area contributed by atoms with Crippen LogP contribution in [0, 0.1) is 13.8 Å². The van der Waals surface area contributed by atoms with Gasteiger partial charge in [-0.15, -0.1) is 4.68 Å². The molecular formula is C28H22Cl2N4O3. The number of nitrogens with zero attached hydrogens (tertiary/aromatic N) is 3. The van der Waals surface area contributed by atoms with Gasteiger partial charge in [-0.05, 0) is 74.0 Å². The van der Waals surface area contributed by atoms with Crippen LogP contribution in [0.4, 0.5) is 0 Å². The Morgan fingerprint density at radius 2 is 1.70 bits per heavy atom. The lowest BCUT2D eigenvalue weighted by Gasteiger charge is -2.12. The van der Waals surface area contributed by atoms with Crippen LogP contribution in [0.5, 0.6) is 5.75 Å². The molecule has 0 radical (unpaired) electrons. The number of H-pyrrole nitrogens is 1. The molecule has 3 aromatic carbocycles. The van der Waals surface area contributed by atoms with E-state index in [1.165, 1.54) is 6.21 Å². The summed E-state index contributed by atoms with van der Waals surface area (Å²) >= 11 is 12.1. The van der Waals surface area contributed by atoms with Crippen LogP contribution >= 0.6 is 23.2 Å². The van der Waals surface area contributed by atoms with E-state index in [4.69, 9.17) is 27.9 Å². The average Bonchev–Trinajstić information content (AvgIpc) is 3.17. The van der Waals surface area contributed by atoms with E-state index in [-0.39, 0.29) is 0 Å². The largest absolute Gasteiger partial charge is 0.489 e. The lowest BCUT2D eigenvalue weighted by molar-refractivity contribution is 0.306. The number of aromatic amines is 1. The van der Waals surface area contributed by atoms with E-state index >= 15 is 0 Å². The minimum Gasteiger partial charge on any atom is -0.489 e. The maximum Gasteiger partial charge on any atom is 0.349 e. The van der Waals surface area contributed by atoms with Crippen molar-refractivity contribution < 1.29 is 4.74 Å². The van der Waals surface area contributed by atoms with Gasteiger partial charge in [0.1, 0.15) is 12.4 Å². The predicted octanol–water partition coefficient (Wildman–Crippen LogP) is 5.87. The second-order valence-electron chi connectivity index (χ2n) is 8.53. The Morgan fingerprint density at radius 1 is 0.946 bits per heavy atom. The Hall–Kier alpha value is -4.07. The zero-order chi connectivity index (χ0) is 26.1. The molecule has 0 aliphatic rings. The lowest BCUT2D eigenvalue weighted by atomic mass is 10.2. The normalized spacial score (nSPS) is 11.5. The minimum atomic E-state index is -0.592. The molecule has 0 atom stereocenters. The van der Waals surface area contributed by atoms with E-state index in [0.717, 1.165) is 32.9 Å². The van der Waals surface area contributed by atoms with Gasteiger partial charge >= 0.3 is 5.69 Å². The summed E-state index contributed by atoms with van der Waals surface area (Å²) in [4.78, 5) is 27.9. The van der Waals surface area contributed by atoms with E-state index in [0.29, 0.717) is 33.3 Å². The van der Waals surface area contributed by atoms with E-state index in [1.54, 1.807) is 36.4 Å². The number of aromatic nitrogens is 3. The molecule has 1 N–H and O–H groups in total. The summed E-state index contributed by atoms with van der Waals surface area (Å²) in [7, 11) is 0. The Bertz CT molecular complexity index is 1770. The minimum absolute atomic E-state index is 0.367. The molecule has 0 aliphatic carbocycles. The van der Waals surface area contributed by atoms with E-state index in [2.05, 4.69) is 14.7 Å². The molecule has 0 aliphatic heterocycles. The molecule has 2 aromatic heterocycles. The summed E-state index contributed by atoms with van der Waals surface area (Å²) in [5, 5.41) is 5.59. The Balaban J connectivity index is 1.37. The lowest BCUT2D eigenvalue weighted by Crippen LogP contribution is -2.32. The second-order valence-corrected chi connectivity index (χ2v) is 9.34. The van der Waals surface area contributed by atoms with Crippen molar-refractivity contribution in [3.63, 3.8) is 0 Å². The molecule has 0 fully saturated rings. The van der Waals surface area contributed by atoms with Crippen molar-refractivity contribution in [3.8, 4) is 11.4 Å². The first-order chi connectivity index (χ1) is 17.8. The van der Waals surface area contributed by atoms with Crippen LogP contribution in [0.25, 0.3) is 16.6 Å². The van der Waals surface area contributed by atoms with Crippen LogP contribution in [0.15, 0.2) is 87.5 Å². The fraction of sp³-hybridized carbons (Fsp3) is 0.107. The summed E-state index contributed by atoms with van der Waals surface area (Å²) in [6.07, 6.45) is 1.53. The summed E-state index contributed by atoms with van der Waals surface area (Å²) < 4.78 is 8.80. The van der Waals surface area contributed by atoms with Crippen LogP contribution in [-0.4, -0.2) is 20.4 Å². The maximum atomic E-state index is 12.8. The number of nitrogens with one attached hydrogen (secondary N) is 1. The third-order valence-corrected chi connectivity index (χ3v) is 6.79. The van der Waals surface area contributed by atoms with Gasteiger partial charge in [0, 0.05) is 22.6 Å².